The topological polar surface area (TPSA) is 30.9 Å². The lowest BCUT2D eigenvalue weighted by molar-refractivity contribution is 0.591. The predicted molar refractivity (Wildman–Crippen MR) is 83.8 cm³/mol. The molecule has 2 heteroatoms. The zero-order chi connectivity index (χ0) is 14.2. The van der Waals surface area contributed by atoms with Crippen LogP contribution in [0, 0.1) is 0 Å². The van der Waals surface area contributed by atoms with Crippen molar-refractivity contribution >= 4 is 10.9 Å². The summed E-state index contributed by atoms with van der Waals surface area (Å²) in [6.07, 6.45) is 2.27. The maximum Gasteiger partial charge on any atom is 0.0483 e. The first-order valence-corrected chi connectivity index (χ1v) is 7.18. The molecule has 104 valence electrons. The van der Waals surface area contributed by atoms with Gasteiger partial charge in [0.1, 0.15) is 0 Å². The van der Waals surface area contributed by atoms with Gasteiger partial charge in [-0.25, -0.2) is 0 Å². The van der Waals surface area contributed by atoms with Crippen LogP contribution in [0.3, 0.4) is 0 Å². The summed E-state index contributed by atoms with van der Waals surface area (Å²) < 4.78 is 2.29. The molecule has 0 saturated heterocycles. The molecule has 0 aliphatic carbocycles. The highest BCUT2D eigenvalue weighted by Gasteiger charge is 2.17. The quantitative estimate of drug-likeness (QED) is 0.885. The zero-order valence-electron chi connectivity index (χ0n) is 12.8. The van der Waals surface area contributed by atoms with Gasteiger partial charge in [0.15, 0.2) is 0 Å². The van der Waals surface area contributed by atoms with Crippen LogP contribution in [0.15, 0.2) is 24.4 Å². The smallest absolute Gasteiger partial charge is 0.0483 e. The van der Waals surface area contributed by atoms with Crippen LogP contribution in [-0.2, 0) is 12.0 Å². The minimum Gasteiger partial charge on any atom is -0.346 e. The number of hydrogen-bond acceptors (Lipinski definition) is 1. The predicted octanol–water partition coefficient (Wildman–Crippen LogP) is 4.02. The molecule has 0 aliphatic heterocycles. The van der Waals surface area contributed by atoms with Crippen molar-refractivity contribution in [3.63, 3.8) is 0 Å². The molecule has 0 fully saturated rings. The van der Waals surface area contributed by atoms with E-state index in [-0.39, 0.29) is 5.41 Å². The van der Waals surface area contributed by atoms with Crippen LogP contribution in [-0.4, -0.2) is 11.1 Å². The van der Waals surface area contributed by atoms with Gasteiger partial charge in [0, 0.05) is 30.2 Å². The molecule has 0 unspecified atom stereocenters. The molecule has 2 aromatic rings. The van der Waals surface area contributed by atoms with E-state index < -0.39 is 0 Å². The molecular weight excluding hydrogens is 232 g/mol. The standard InChI is InChI=1S/C17H26N2/c1-12(2)15-11-19(9-8-18)16-7-6-13(10-14(15)16)17(3,4)5/h6-7,10-12H,8-9,18H2,1-5H3. The molecule has 1 aromatic carbocycles. The van der Waals surface area contributed by atoms with Crippen molar-refractivity contribution in [3.8, 4) is 0 Å². The number of rotatable bonds is 3. The highest BCUT2D eigenvalue weighted by atomic mass is 15.0. The lowest BCUT2D eigenvalue weighted by Crippen LogP contribution is -2.11. The SMILES string of the molecule is CC(C)c1cn(CCN)c2ccc(C(C)(C)C)cc12. The van der Waals surface area contributed by atoms with E-state index in [1.165, 1.54) is 22.0 Å². The van der Waals surface area contributed by atoms with Crippen molar-refractivity contribution in [3.05, 3.63) is 35.5 Å². The molecule has 19 heavy (non-hydrogen) atoms. The van der Waals surface area contributed by atoms with Crippen LogP contribution in [0.25, 0.3) is 10.9 Å². The van der Waals surface area contributed by atoms with E-state index in [0.29, 0.717) is 12.5 Å². The van der Waals surface area contributed by atoms with Crippen molar-refractivity contribution in [2.45, 2.75) is 52.5 Å². The van der Waals surface area contributed by atoms with E-state index in [9.17, 15) is 0 Å². The maximum absolute atomic E-state index is 5.72. The van der Waals surface area contributed by atoms with Crippen molar-refractivity contribution in [1.82, 2.24) is 4.57 Å². The molecule has 0 atom stereocenters. The van der Waals surface area contributed by atoms with Crippen molar-refractivity contribution in [1.29, 1.82) is 0 Å². The largest absolute Gasteiger partial charge is 0.346 e. The van der Waals surface area contributed by atoms with E-state index in [0.717, 1.165) is 6.54 Å². The molecule has 2 N–H and O–H groups in total. The Hall–Kier alpha value is -1.28. The molecule has 0 radical (unpaired) electrons. The minimum absolute atomic E-state index is 0.193. The van der Waals surface area contributed by atoms with Gasteiger partial charge in [0.05, 0.1) is 0 Å². The van der Waals surface area contributed by atoms with E-state index >= 15 is 0 Å². The van der Waals surface area contributed by atoms with Gasteiger partial charge in [0.2, 0.25) is 0 Å². The summed E-state index contributed by atoms with van der Waals surface area (Å²) in [5.41, 5.74) is 10.0. The number of fused-ring (bicyclic) bond motifs is 1. The fraction of sp³-hybridized carbons (Fsp3) is 0.529. The Morgan fingerprint density at radius 3 is 2.42 bits per heavy atom. The van der Waals surface area contributed by atoms with Crippen LogP contribution in [0.5, 0.6) is 0 Å². The lowest BCUT2D eigenvalue weighted by Gasteiger charge is -2.19. The number of benzene rings is 1. The summed E-state index contributed by atoms with van der Waals surface area (Å²) in [5.74, 6) is 0.539. The summed E-state index contributed by atoms with van der Waals surface area (Å²) in [6, 6.07) is 6.86. The number of nitrogens with zero attached hydrogens (tertiary/aromatic N) is 1. The lowest BCUT2D eigenvalue weighted by atomic mass is 9.86. The number of nitrogens with two attached hydrogens (primary N) is 1. The summed E-state index contributed by atoms with van der Waals surface area (Å²) in [5, 5.41) is 1.39. The first kappa shape index (κ1) is 14.1. The third-order valence-corrected chi connectivity index (χ3v) is 3.77. The van der Waals surface area contributed by atoms with Crippen LogP contribution in [0.1, 0.15) is 51.7 Å². The average Bonchev–Trinajstić information content (AvgIpc) is 2.67. The molecule has 1 aromatic heterocycles. The van der Waals surface area contributed by atoms with Gasteiger partial charge in [0.25, 0.3) is 0 Å². The highest BCUT2D eigenvalue weighted by Crippen LogP contribution is 2.32. The molecular formula is C17H26N2. The molecule has 0 spiro atoms. The molecule has 0 saturated carbocycles. The Balaban J connectivity index is 2.66. The summed E-state index contributed by atoms with van der Waals surface area (Å²) >= 11 is 0. The highest BCUT2D eigenvalue weighted by molar-refractivity contribution is 5.85. The first-order chi connectivity index (χ1) is 8.84. The number of aromatic nitrogens is 1. The molecule has 1 heterocycles. The third kappa shape index (κ3) is 2.69. The van der Waals surface area contributed by atoms with Crippen LogP contribution >= 0.6 is 0 Å². The second-order valence-corrected chi connectivity index (χ2v) is 6.70. The Labute approximate surface area is 116 Å². The Morgan fingerprint density at radius 1 is 1.21 bits per heavy atom. The Kier molecular flexibility index (Phi) is 3.73. The Morgan fingerprint density at radius 2 is 1.89 bits per heavy atom. The van der Waals surface area contributed by atoms with E-state index in [4.69, 9.17) is 5.73 Å². The molecule has 0 aliphatic rings. The van der Waals surface area contributed by atoms with Gasteiger partial charge in [-0.2, -0.15) is 0 Å². The average molecular weight is 258 g/mol. The fourth-order valence-electron chi connectivity index (χ4n) is 2.58. The monoisotopic (exact) mass is 258 g/mol. The number of hydrogen-bond donors (Lipinski definition) is 1. The van der Waals surface area contributed by atoms with E-state index in [1.54, 1.807) is 0 Å². The van der Waals surface area contributed by atoms with Gasteiger partial charge in [-0.1, -0.05) is 40.7 Å². The summed E-state index contributed by atoms with van der Waals surface area (Å²) in [6.45, 7) is 12.9. The van der Waals surface area contributed by atoms with E-state index in [2.05, 4.69) is 63.6 Å². The van der Waals surface area contributed by atoms with Crippen molar-refractivity contribution in [2.24, 2.45) is 5.73 Å². The van der Waals surface area contributed by atoms with Crippen molar-refractivity contribution in [2.75, 3.05) is 6.54 Å². The van der Waals surface area contributed by atoms with Crippen LogP contribution < -0.4 is 5.73 Å². The molecule has 2 rings (SSSR count). The Bertz CT molecular complexity index is 571. The second kappa shape index (κ2) is 5.01. The minimum atomic E-state index is 0.193. The summed E-state index contributed by atoms with van der Waals surface area (Å²) in [4.78, 5) is 0. The summed E-state index contributed by atoms with van der Waals surface area (Å²) in [7, 11) is 0. The second-order valence-electron chi connectivity index (χ2n) is 6.70. The normalized spacial score (nSPS) is 12.6. The van der Waals surface area contributed by atoms with Crippen molar-refractivity contribution < 1.29 is 0 Å². The van der Waals surface area contributed by atoms with Gasteiger partial charge < -0.3 is 10.3 Å². The van der Waals surface area contributed by atoms with Gasteiger partial charge in [-0.3, -0.25) is 0 Å². The van der Waals surface area contributed by atoms with E-state index in [1.807, 2.05) is 0 Å². The van der Waals surface area contributed by atoms with Crippen LogP contribution in [0.2, 0.25) is 0 Å². The zero-order valence-corrected chi connectivity index (χ0v) is 12.8. The maximum atomic E-state index is 5.72. The fourth-order valence-corrected chi connectivity index (χ4v) is 2.58. The molecule has 0 bridgehead atoms. The van der Waals surface area contributed by atoms with Crippen LogP contribution in [0.4, 0.5) is 0 Å². The van der Waals surface area contributed by atoms with Gasteiger partial charge in [-0.15, -0.1) is 0 Å². The molecule has 0 amide bonds. The molecule has 2 nitrogen and oxygen atoms in total. The third-order valence-electron chi connectivity index (χ3n) is 3.77. The first-order valence-electron chi connectivity index (χ1n) is 7.18. The van der Waals surface area contributed by atoms with Gasteiger partial charge >= 0.3 is 0 Å². The van der Waals surface area contributed by atoms with Gasteiger partial charge in [-0.05, 0) is 34.6 Å².